The number of rotatable bonds is 26. The van der Waals surface area contributed by atoms with Crippen molar-refractivity contribution in [3.8, 4) is 5.75 Å². The van der Waals surface area contributed by atoms with Gasteiger partial charge in [0.2, 0.25) is 94.5 Å². The highest BCUT2D eigenvalue weighted by molar-refractivity contribution is 8.00. The molecule has 0 aliphatic carbocycles. The smallest absolute Gasteiger partial charge is 0.246 e. The molecule has 0 radical (unpaired) electrons. The average molecular weight is 1910 g/mol. The Labute approximate surface area is 792 Å². The van der Waals surface area contributed by atoms with E-state index in [-0.39, 0.29) is 114 Å². The number of aromatic hydroxyl groups is 1. The number of hydrogen-bond donors (Lipinski definition) is 21. The highest BCUT2D eigenvalue weighted by Gasteiger charge is 2.47. The number of hydrogen-bond acceptors (Lipinski definition) is 23. The van der Waals surface area contributed by atoms with E-state index in [1.54, 1.807) is 81.7 Å². The van der Waals surface area contributed by atoms with Gasteiger partial charge in [0.05, 0.1) is 43.7 Å². The first-order chi connectivity index (χ1) is 64.8. The highest BCUT2D eigenvalue weighted by Crippen LogP contribution is 2.30. The summed E-state index contributed by atoms with van der Waals surface area (Å²) in [5.41, 5.74) is 20.0. The number of carbonyl (C=O) groups is 16. The Morgan fingerprint density at radius 2 is 1.12 bits per heavy atom. The second-order valence-electron chi connectivity index (χ2n) is 35.6. The highest BCUT2D eigenvalue weighted by atomic mass is 32.2. The second-order valence-corrected chi connectivity index (χ2v) is 36.6. The number of primary amides is 2. The van der Waals surface area contributed by atoms with Crippen molar-refractivity contribution in [1.82, 2.24) is 103 Å². The number of carbonyl (C=O) groups excluding carboxylic acids is 16. The molecule has 9 rings (SSSR count). The summed E-state index contributed by atoms with van der Waals surface area (Å²) in [7, 11) is 4.10. The number of likely N-dealkylation sites (N-methyl/N-ethyl adjacent to an activating group) is 3. The number of aliphatic hydroxyl groups excluding tert-OH is 2. The number of guanidine groups is 1. The van der Waals surface area contributed by atoms with Crippen LogP contribution in [-0.4, -0.2) is 316 Å². The number of imidazole rings is 1. The molecule has 3 aliphatic heterocycles. The molecule has 0 saturated carbocycles. The van der Waals surface area contributed by atoms with Crippen LogP contribution in [0.3, 0.4) is 0 Å². The van der Waals surface area contributed by atoms with Crippen LogP contribution in [0.5, 0.6) is 5.75 Å². The quantitative estimate of drug-likeness (QED) is 0.0161. The molecule has 136 heavy (non-hydrogen) atoms. The number of benzene rings is 3. The Balaban J connectivity index is 1.10. The zero-order chi connectivity index (χ0) is 99.3. The molecular formula is C92H132N24O19S. The number of H-pyrrole nitrogens is 3. The summed E-state index contributed by atoms with van der Waals surface area (Å²) < 4.78 is 0. The Morgan fingerprint density at radius 3 is 1.73 bits per heavy atom. The standard InChI is InChI=1S/C92H132N24O19S/c1-10-12-25-71-84(128)104-62(24-18-32-98-92(95)96)80(124)111-70(79(123)101-44-76(94)120)47-136-48-77(121)103-66(36-53-28-30-57(118)31-29-53)87(131)112(7)52(6)78(122)107-68(40-75(93)119)89(133)115-33-19-27-72(115)85(129)106-64(39-56-43-97-49-102-56)82(126)108-65(34-50(3)4)90(134)116-45-51(5)35-74(116)86(130)105-63(37-54-41-99-60-22-16-14-20-58(54)60)81(125)110-69(46-117)83(127)109-67(38-55-42-100-61-23-17-15-21-59(55)61)88(132)114(9)73(26-13-11-2)91(135)113(71)8/h14-17,20-23,28-31,41-43,49-52,62-74,91,99-100,117-118,135H,10-13,18-19,24-27,32-40,44-48H2,1-9H3,(H2,93,119)(H2,94,120)(H,97,102)(H,101,123)(H,103,121)(H,104,128)(H,105,130)(H,106,129)(H,107,122)(H,108,126)(H,109,127)(H,110,125)(H,111,124)(H4,95,96,98)/t51-,52+,62+,63+,64+,65+,66+,67+,68+,69+,70+,71+,72+,73+,74+,91?/m1/s1. The van der Waals surface area contributed by atoms with Crippen molar-refractivity contribution in [2.24, 2.45) is 29.0 Å². The predicted molar refractivity (Wildman–Crippen MR) is 504 cm³/mol. The lowest BCUT2D eigenvalue weighted by atomic mass is 9.99. The van der Waals surface area contributed by atoms with Crippen molar-refractivity contribution >= 4 is 134 Å². The molecule has 3 aliphatic rings. The normalized spacial score (nSPS) is 25.3. The lowest BCUT2D eigenvalue weighted by molar-refractivity contribution is -0.147. The van der Waals surface area contributed by atoms with Gasteiger partial charge in [-0.3, -0.25) is 87.0 Å². The summed E-state index contributed by atoms with van der Waals surface area (Å²) in [6, 6.07) is -0.921. The van der Waals surface area contributed by atoms with Crippen LogP contribution in [0.25, 0.3) is 21.8 Å². The predicted octanol–water partition coefficient (Wildman–Crippen LogP) is -1.86. The number of fused-ring (bicyclic) bond motifs is 4. The minimum Gasteiger partial charge on any atom is -0.508 e. The summed E-state index contributed by atoms with van der Waals surface area (Å²) in [6.07, 6.45) is 4.66. The van der Waals surface area contributed by atoms with Gasteiger partial charge in [0.1, 0.15) is 84.5 Å². The van der Waals surface area contributed by atoms with Crippen LogP contribution in [0.1, 0.15) is 147 Å². The zero-order valence-electron chi connectivity index (χ0n) is 78.2. The molecule has 44 heteroatoms. The van der Waals surface area contributed by atoms with Gasteiger partial charge in [-0.1, -0.05) is 109 Å². The van der Waals surface area contributed by atoms with Crippen LogP contribution in [0, 0.1) is 17.2 Å². The summed E-state index contributed by atoms with van der Waals surface area (Å²) in [5.74, 6) is -16.7. The van der Waals surface area contributed by atoms with Crippen molar-refractivity contribution in [3.63, 3.8) is 0 Å². The Morgan fingerprint density at radius 1 is 0.574 bits per heavy atom. The molecule has 24 N–H and O–H groups in total. The average Bonchev–Trinajstić information content (AvgIpc) is 1.53. The molecule has 3 aromatic carbocycles. The van der Waals surface area contributed by atoms with E-state index in [2.05, 4.69) is 78.4 Å². The van der Waals surface area contributed by atoms with Crippen LogP contribution < -0.4 is 75.7 Å². The van der Waals surface area contributed by atoms with Crippen molar-refractivity contribution in [1.29, 1.82) is 5.41 Å². The van der Waals surface area contributed by atoms with Gasteiger partial charge in [-0.15, -0.1) is 11.8 Å². The van der Waals surface area contributed by atoms with Gasteiger partial charge < -0.3 is 126 Å². The number of para-hydroxylation sites is 2. The molecule has 3 aromatic heterocycles. The van der Waals surface area contributed by atoms with Crippen LogP contribution in [-0.2, 0) is 102 Å². The Bertz CT molecular complexity index is 5190. The van der Waals surface area contributed by atoms with E-state index in [0.717, 1.165) is 21.6 Å². The number of unbranched alkanes of at least 4 members (excludes halogenated alkanes) is 2. The summed E-state index contributed by atoms with van der Waals surface area (Å²) in [6.45, 7) is 8.55. The number of nitrogens with one attached hydrogen (secondary N) is 15. The van der Waals surface area contributed by atoms with Crippen LogP contribution in [0.15, 0.2) is 97.7 Å². The van der Waals surface area contributed by atoms with Gasteiger partial charge in [-0.05, 0) is 118 Å². The third-order valence-electron chi connectivity index (χ3n) is 24.8. The minimum absolute atomic E-state index is 0.00483. The zero-order valence-corrected chi connectivity index (χ0v) is 79.0. The largest absolute Gasteiger partial charge is 0.508 e. The maximum atomic E-state index is 15.8. The minimum atomic E-state index is -1.84. The lowest BCUT2D eigenvalue weighted by Crippen LogP contribution is -2.62. The first kappa shape index (κ1) is 106. The first-order valence-corrected chi connectivity index (χ1v) is 47.2. The van der Waals surface area contributed by atoms with Crippen molar-refractivity contribution < 1.29 is 92.0 Å². The van der Waals surface area contributed by atoms with Crippen LogP contribution >= 0.6 is 11.8 Å². The van der Waals surface area contributed by atoms with E-state index in [1.807, 2.05) is 13.8 Å². The van der Waals surface area contributed by atoms with Crippen LogP contribution in [0.2, 0.25) is 0 Å². The monoisotopic (exact) mass is 1910 g/mol. The first-order valence-electron chi connectivity index (χ1n) is 46.0. The molecule has 16 atom stereocenters. The van der Waals surface area contributed by atoms with Crippen molar-refractivity contribution in [2.45, 2.75) is 242 Å². The molecule has 0 spiro atoms. The van der Waals surface area contributed by atoms with Crippen molar-refractivity contribution in [2.75, 3.05) is 65.4 Å². The number of amides is 16. The molecule has 6 aromatic rings. The fraction of sp³-hybridized carbons (Fsp3) is 0.543. The molecule has 43 nitrogen and oxygen atoms in total. The number of nitrogens with zero attached hydrogens (tertiary/aromatic N) is 6. The topological polar surface area (TPSA) is 645 Å². The summed E-state index contributed by atoms with van der Waals surface area (Å²) in [4.78, 5) is 255. The fourth-order valence-corrected chi connectivity index (χ4v) is 18.1. The molecule has 0 bridgehead atoms. The van der Waals surface area contributed by atoms with E-state index in [4.69, 9.17) is 22.6 Å². The van der Waals surface area contributed by atoms with Crippen molar-refractivity contribution in [3.05, 3.63) is 120 Å². The van der Waals surface area contributed by atoms with Gasteiger partial charge in [0.15, 0.2) is 5.96 Å². The fourth-order valence-electron chi connectivity index (χ4n) is 17.2. The van der Waals surface area contributed by atoms with Gasteiger partial charge in [0.25, 0.3) is 0 Å². The second kappa shape index (κ2) is 50.9. The number of aromatic nitrogens is 4. The molecule has 3 saturated heterocycles. The van der Waals surface area contributed by atoms with Gasteiger partial charge >= 0.3 is 0 Å². The SMILES string of the molecule is CCCC[C@H]1C(O)N(C)[C@@H](CCCC)C(=O)N[C@@H](CCCNC(=N)N)C(=O)N[C@H](C(=O)NCC(N)=O)CSCC(=O)N[C@@H](Cc2ccc(O)cc2)C(=O)N(C)[C@@H](C)C(=O)N[C@@H](CC(N)=O)C(=O)N2CCC[C@H]2C(=O)N[C@@H](Cc2cnc[nH]2)C(=O)N[C@@H](CC(C)C)C(=O)N2C[C@H](C)C[C@H]2C(=O)N[C@@H](Cc2c[nH]c3ccccc23)C(=O)N[C@@H](CO)C(=O)N[C@@H](Cc2c[nH]c3ccccc23)C(=O)N1C. The Hall–Kier alpha value is -13.2. The van der Waals surface area contributed by atoms with E-state index in [0.29, 0.717) is 69.9 Å². The molecule has 6 heterocycles. The van der Waals surface area contributed by atoms with E-state index in [1.165, 1.54) is 79.6 Å². The van der Waals surface area contributed by atoms with Crippen LogP contribution in [0.4, 0.5) is 0 Å². The van der Waals surface area contributed by atoms with E-state index >= 15 is 33.6 Å². The number of aromatic amines is 3. The third-order valence-corrected chi connectivity index (χ3v) is 25.8. The molecule has 1 unspecified atom stereocenters. The number of aliphatic hydroxyl groups is 2. The molecule has 3 fully saturated rings. The molecule has 740 valence electrons. The summed E-state index contributed by atoms with van der Waals surface area (Å²) >= 11 is 0.776. The lowest BCUT2D eigenvalue weighted by Gasteiger charge is -2.41. The van der Waals surface area contributed by atoms with Gasteiger partial charge in [-0.2, -0.15) is 0 Å². The van der Waals surface area contributed by atoms with E-state index < -0.39 is 222 Å². The number of phenols is 1. The number of nitrogens with two attached hydrogens (primary N) is 3. The number of thioether (sulfide) groups is 1. The van der Waals surface area contributed by atoms with Gasteiger partial charge in [-0.25, -0.2) is 4.98 Å². The summed E-state index contributed by atoms with van der Waals surface area (Å²) in [5, 5.41) is 73.2. The Kier molecular flexibility index (Phi) is 39.9. The third kappa shape index (κ3) is 29.6. The maximum absolute atomic E-state index is 15.8. The maximum Gasteiger partial charge on any atom is 0.246 e. The van der Waals surface area contributed by atoms with Gasteiger partial charge in [0, 0.05) is 111 Å². The molecule has 16 amide bonds. The molecular weight excluding hydrogens is 1780 g/mol. The number of phenolic OH excluding ortho intramolecular Hbond substituents is 1. The van der Waals surface area contributed by atoms with E-state index in [9.17, 15) is 58.5 Å².